The normalized spacial score (nSPS) is 37.0. The molecule has 2 heterocycles. The van der Waals surface area contributed by atoms with Gasteiger partial charge in [-0.15, -0.1) is 0 Å². The van der Waals surface area contributed by atoms with E-state index >= 15 is 0 Å². The van der Waals surface area contributed by atoms with Crippen molar-refractivity contribution in [2.75, 3.05) is 6.54 Å². The molecule has 1 saturated carbocycles. The largest absolute Gasteiger partial charge is 0.460 e. The molecule has 0 aromatic heterocycles. The lowest BCUT2D eigenvalue weighted by Gasteiger charge is -2.34. The van der Waals surface area contributed by atoms with Gasteiger partial charge in [0.15, 0.2) is 0 Å². The van der Waals surface area contributed by atoms with Crippen molar-refractivity contribution in [1.29, 1.82) is 0 Å². The fraction of sp³-hybridized carbons (Fsp3) is 0.900. The van der Waals surface area contributed by atoms with Gasteiger partial charge in [-0.3, -0.25) is 4.79 Å². The summed E-state index contributed by atoms with van der Waals surface area (Å²) < 4.78 is 5.34. The van der Waals surface area contributed by atoms with Gasteiger partial charge >= 0.3 is 5.97 Å². The highest BCUT2D eigenvalue weighted by Crippen LogP contribution is 2.41. The van der Waals surface area contributed by atoms with Crippen molar-refractivity contribution in [1.82, 2.24) is 5.32 Å². The number of esters is 1. The number of hydrogen-bond donors (Lipinski definition) is 1. The summed E-state index contributed by atoms with van der Waals surface area (Å²) in [6.07, 6.45) is 1.16. The van der Waals surface area contributed by atoms with E-state index in [9.17, 15) is 4.79 Å². The van der Waals surface area contributed by atoms with E-state index in [2.05, 4.69) is 5.32 Å². The minimum Gasteiger partial charge on any atom is -0.460 e. The maximum Gasteiger partial charge on any atom is 0.311 e. The van der Waals surface area contributed by atoms with Crippen LogP contribution in [0.25, 0.3) is 0 Å². The van der Waals surface area contributed by atoms with E-state index in [0.29, 0.717) is 12.0 Å². The lowest BCUT2D eigenvalue weighted by molar-refractivity contribution is -0.165. The molecule has 2 bridgehead atoms. The minimum absolute atomic E-state index is 0.0150. The number of nitrogens with one attached hydrogen (secondary N) is 1. The van der Waals surface area contributed by atoms with Crippen LogP contribution in [0.1, 0.15) is 27.2 Å². The Hall–Kier alpha value is -0.570. The third-order valence-corrected chi connectivity index (χ3v) is 2.82. The third kappa shape index (κ3) is 1.57. The highest BCUT2D eigenvalue weighted by Gasteiger charge is 2.52. The van der Waals surface area contributed by atoms with Gasteiger partial charge in [-0.2, -0.15) is 0 Å². The molecule has 74 valence electrons. The molecule has 3 nitrogen and oxygen atoms in total. The predicted molar refractivity (Wildman–Crippen MR) is 49.2 cm³/mol. The third-order valence-electron chi connectivity index (χ3n) is 2.82. The molecule has 3 fully saturated rings. The van der Waals surface area contributed by atoms with Crippen LogP contribution in [0, 0.1) is 11.8 Å². The number of rotatable bonds is 1. The maximum absolute atomic E-state index is 11.6. The topological polar surface area (TPSA) is 38.3 Å². The summed E-state index contributed by atoms with van der Waals surface area (Å²) in [5, 5.41) is 3.31. The molecule has 3 heteroatoms. The van der Waals surface area contributed by atoms with Gasteiger partial charge in [-0.05, 0) is 39.7 Å². The van der Waals surface area contributed by atoms with Gasteiger partial charge in [-0.25, -0.2) is 0 Å². The van der Waals surface area contributed by atoms with Crippen molar-refractivity contribution in [3.05, 3.63) is 0 Å². The van der Waals surface area contributed by atoms with E-state index < -0.39 is 0 Å². The average molecular weight is 183 g/mol. The summed E-state index contributed by atoms with van der Waals surface area (Å²) >= 11 is 0. The molecule has 0 aromatic rings. The predicted octanol–water partition coefficient (Wildman–Crippen LogP) is 0.936. The molecule has 1 unspecified atom stereocenters. The van der Waals surface area contributed by atoms with Gasteiger partial charge in [0, 0.05) is 6.04 Å². The van der Waals surface area contributed by atoms with E-state index in [4.69, 9.17) is 4.74 Å². The lowest BCUT2D eigenvalue weighted by Crippen LogP contribution is -2.45. The molecule has 0 aromatic carbocycles. The first-order valence-corrected chi connectivity index (χ1v) is 4.93. The Morgan fingerprint density at radius 2 is 2.15 bits per heavy atom. The van der Waals surface area contributed by atoms with E-state index in [1.165, 1.54) is 0 Å². The van der Waals surface area contributed by atoms with Gasteiger partial charge in [0.2, 0.25) is 0 Å². The molecular weight excluding hydrogens is 166 g/mol. The molecule has 3 aliphatic rings. The van der Waals surface area contributed by atoms with Crippen molar-refractivity contribution in [2.24, 2.45) is 11.8 Å². The summed E-state index contributed by atoms with van der Waals surface area (Å²) in [6.45, 7) is 6.74. The number of fused-ring (bicyclic) bond motifs is 1. The fourth-order valence-corrected chi connectivity index (χ4v) is 2.20. The zero-order valence-corrected chi connectivity index (χ0v) is 8.46. The zero-order chi connectivity index (χ0) is 9.64. The first kappa shape index (κ1) is 9.00. The molecule has 3 atom stereocenters. The minimum atomic E-state index is -0.341. The number of hydrogen-bond acceptors (Lipinski definition) is 3. The zero-order valence-electron chi connectivity index (χ0n) is 8.46. The standard InChI is InChI=1S/C10H17NO2/c1-10(2,3)13-9(12)8-6-4-7(8)11-5-6/h6-8,11H,4-5H2,1-3H3/t6-,7-,8?/m0/s1. The molecule has 2 aliphatic heterocycles. The monoisotopic (exact) mass is 183 g/mol. The van der Waals surface area contributed by atoms with Crippen LogP contribution in [0.3, 0.4) is 0 Å². The first-order valence-electron chi connectivity index (χ1n) is 4.93. The molecule has 1 N–H and O–H groups in total. The van der Waals surface area contributed by atoms with Crippen molar-refractivity contribution in [2.45, 2.75) is 38.8 Å². The van der Waals surface area contributed by atoms with Crippen LogP contribution in [0.4, 0.5) is 0 Å². The highest BCUT2D eigenvalue weighted by molar-refractivity contribution is 5.76. The van der Waals surface area contributed by atoms with Gasteiger partial charge < -0.3 is 10.1 Å². The molecule has 3 rings (SSSR count). The molecule has 1 aliphatic carbocycles. The van der Waals surface area contributed by atoms with Crippen LogP contribution in [-0.4, -0.2) is 24.2 Å². The Balaban J connectivity index is 1.92. The first-order chi connectivity index (χ1) is 5.97. The average Bonchev–Trinajstić information content (AvgIpc) is 2.36. The Morgan fingerprint density at radius 3 is 2.54 bits per heavy atom. The van der Waals surface area contributed by atoms with Crippen LogP contribution in [0.2, 0.25) is 0 Å². The van der Waals surface area contributed by atoms with E-state index in [1.807, 2.05) is 20.8 Å². The summed E-state index contributed by atoms with van der Waals surface area (Å²) in [6, 6.07) is 0.403. The quantitative estimate of drug-likeness (QED) is 0.615. The van der Waals surface area contributed by atoms with Crippen molar-refractivity contribution in [3.8, 4) is 0 Å². The van der Waals surface area contributed by atoms with Crippen LogP contribution in [0.15, 0.2) is 0 Å². The smallest absolute Gasteiger partial charge is 0.311 e. The second-order valence-corrected chi connectivity index (χ2v) is 5.07. The summed E-state index contributed by atoms with van der Waals surface area (Å²) in [4.78, 5) is 11.6. The maximum atomic E-state index is 11.6. The second kappa shape index (κ2) is 2.71. The molecule has 13 heavy (non-hydrogen) atoms. The van der Waals surface area contributed by atoms with Gasteiger partial charge in [0.1, 0.15) is 5.60 Å². The Labute approximate surface area is 78.8 Å². The highest BCUT2D eigenvalue weighted by atomic mass is 16.6. The van der Waals surface area contributed by atoms with Crippen LogP contribution in [-0.2, 0) is 9.53 Å². The fourth-order valence-electron chi connectivity index (χ4n) is 2.20. The number of carbonyl (C=O) groups excluding carboxylic acids is 1. The van der Waals surface area contributed by atoms with Gasteiger partial charge in [0.25, 0.3) is 0 Å². The van der Waals surface area contributed by atoms with Crippen LogP contribution in [0.5, 0.6) is 0 Å². The molecule has 2 saturated heterocycles. The van der Waals surface area contributed by atoms with E-state index in [-0.39, 0.29) is 17.5 Å². The van der Waals surface area contributed by atoms with E-state index in [1.54, 1.807) is 0 Å². The molecule has 0 spiro atoms. The molecule has 0 amide bonds. The Bertz CT molecular complexity index is 218. The van der Waals surface area contributed by atoms with Crippen molar-refractivity contribution < 1.29 is 9.53 Å². The summed E-state index contributed by atoms with van der Waals surface area (Å²) in [7, 11) is 0. The van der Waals surface area contributed by atoms with Crippen LogP contribution >= 0.6 is 0 Å². The molecular formula is C10H17NO2. The summed E-state index contributed by atoms with van der Waals surface area (Å²) in [5.74, 6) is 0.665. The SMILES string of the molecule is CC(C)(C)OC(=O)C1[C@@H]2CN[C@H]1C2. The Morgan fingerprint density at radius 1 is 1.46 bits per heavy atom. The molecule has 0 radical (unpaired) electrons. The van der Waals surface area contributed by atoms with Crippen LogP contribution < -0.4 is 5.32 Å². The summed E-state index contributed by atoms with van der Waals surface area (Å²) in [5.41, 5.74) is -0.341. The van der Waals surface area contributed by atoms with Crippen molar-refractivity contribution in [3.63, 3.8) is 0 Å². The lowest BCUT2D eigenvalue weighted by atomic mass is 9.74. The second-order valence-electron chi connectivity index (χ2n) is 5.07. The number of carbonyl (C=O) groups is 1. The Kier molecular flexibility index (Phi) is 1.88. The van der Waals surface area contributed by atoms with E-state index in [0.717, 1.165) is 13.0 Å². The van der Waals surface area contributed by atoms with Crippen molar-refractivity contribution >= 4 is 5.97 Å². The van der Waals surface area contributed by atoms with Gasteiger partial charge in [0.05, 0.1) is 5.92 Å². The van der Waals surface area contributed by atoms with Gasteiger partial charge in [-0.1, -0.05) is 0 Å². The number of ether oxygens (including phenoxy) is 1.